The molecule has 180 valence electrons. The molecule has 0 amide bonds. The van der Waals surface area contributed by atoms with Crippen LogP contribution in [0.3, 0.4) is 0 Å². The lowest BCUT2D eigenvalue weighted by Crippen LogP contribution is -2.36. The number of likely N-dealkylation sites (tertiary alicyclic amines) is 1. The summed E-state index contributed by atoms with van der Waals surface area (Å²) in [6, 6.07) is 27.5. The fourth-order valence-electron chi connectivity index (χ4n) is 5.56. The van der Waals surface area contributed by atoms with E-state index in [4.69, 9.17) is 4.74 Å². The number of nitrogens with zero attached hydrogens (tertiary/aromatic N) is 1. The maximum absolute atomic E-state index is 10.7. The Bertz CT molecular complexity index is 1020. The zero-order valence-corrected chi connectivity index (χ0v) is 20.6. The fourth-order valence-corrected chi connectivity index (χ4v) is 5.56. The third-order valence-electron chi connectivity index (χ3n) is 7.50. The van der Waals surface area contributed by atoms with Crippen LogP contribution >= 0.6 is 12.4 Å². The van der Waals surface area contributed by atoms with Gasteiger partial charge in [0.2, 0.25) is 0 Å². The van der Waals surface area contributed by atoms with Gasteiger partial charge in [-0.15, -0.1) is 12.4 Å². The molecule has 2 atom stereocenters. The Morgan fingerprint density at radius 3 is 2.29 bits per heavy atom. The van der Waals surface area contributed by atoms with Gasteiger partial charge < -0.3 is 14.7 Å². The Morgan fingerprint density at radius 2 is 1.53 bits per heavy atom. The van der Waals surface area contributed by atoms with Crippen molar-refractivity contribution in [2.75, 3.05) is 19.6 Å². The minimum atomic E-state index is -0.311. The molecular formula is C30H36ClNO2. The molecule has 0 spiro atoms. The van der Waals surface area contributed by atoms with Crippen molar-refractivity contribution >= 4 is 12.4 Å². The van der Waals surface area contributed by atoms with Gasteiger partial charge in [0, 0.05) is 6.54 Å². The zero-order valence-electron chi connectivity index (χ0n) is 19.8. The minimum Gasteiger partial charge on any atom is -0.489 e. The summed E-state index contributed by atoms with van der Waals surface area (Å²) < 4.78 is 5.95. The topological polar surface area (TPSA) is 32.7 Å². The molecule has 1 aliphatic carbocycles. The molecule has 0 radical (unpaired) electrons. The maximum atomic E-state index is 10.7. The molecule has 1 heterocycles. The number of fused-ring (bicyclic) bond motifs is 1. The lowest BCUT2D eigenvalue weighted by atomic mass is 9.88. The van der Waals surface area contributed by atoms with Crippen molar-refractivity contribution in [2.45, 2.75) is 50.7 Å². The van der Waals surface area contributed by atoms with E-state index in [9.17, 15) is 5.11 Å². The summed E-state index contributed by atoms with van der Waals surface area (Å²) in [7, 11) is 0. The first-order chi connectivity index (χ1) is 16.2. The van der Waals surface area contributed by atoms with Crippen molar-refractivity contribution in [2.24, 2.45) is 5.92 Å². The summed E-state index contributed by atoms with van der Waals surface area (Å²) in [6.45, 7) is 4.02. The van der Waals surface area contributed by atoms with Crippen LogP contribution in [0.15, 0.2) is 78.9 Å². The summed E-state index contributed by atoms with van der Waals surface area (Å²) in [5, 5.41) is 10.7. The number of aliphatic hydroxyl groups excluding tert-OH is 1. The van der Waals surface area contributed by atoms with Gasteiger partial charge >= 0.3 is 0 Å². The highest BCUT2D eigenvalue weighted by molar-refractivity contribution is 5.85. The molecule has 1 aliphatic heterocycles. The van der Waals surface area contributed by atoms with Crippen LogP contribution in [-0.4, -0.2) is 29.6 Å². The molecule has 5 rings (SSSR count). The van der Waals surface area contributed by atoms with E-state index in [0.29, 0.717) is 18.4 Å². The third kappa shape index (κ3) is 6.21. The Kier molecular flexibility index (Phi) is 8.66. The van der Waals surface area contributed by atoms with Crippen molar-refractivity contribution in [3.05, 3.63) is 101 Å². The highest BCUT2D eigenvalue weighted by Gasteiger charge is 2.27. The van der Waals surface area contributed by atoms with Crippen molar-refractivity contribution in [3.8, 4) is 5.75 Å². The second-order valence-electron chi connectivity index (χ2n) is 9.77. The quantitative estimate of drug-likeness (QED) is 0.408. The van der Waals surface area contributed by atoms with Crippen LogP contribution in [-0.2, 0) is 13.0 Å². The van der Waals surface area contributed by atoms with Gasteiger partial charge in [-0.25, -0.2) is 0 Å². The van der Waals surface area contributed by atoms with Crippen LogP contribution in [0.1, 0.15) is 60.0 Å². The van der Waals surface area contributed by atoms with Gasteiger partial charge in [-0.2, -0.15) is 0 Å². The van der Waals surface area contributed by atoms with E-state index in [1.165, 1.54) is 36.0 Å². The molecule has 3 nitrogen and oxygen atoms in total. The van der Waals surface area contributed by atoms with Crippen molar-refractivity contribution in [1.82, 2.24) is 4.90 Å². The predicted octanol–water partition coefficient (Wildman–Crippen LogP) is 6.55. The van der Waals surface area contributed by atoms with Crippen molar-refractivity contribution in [1.29, 1.82) is 0 Å². The van der Waals surface area contributed by atoms with Crippen molar-refractivity contribution < 1.29 is 9.84 Å². The van der Waals surface area contributed by atoms with Crippen LogP contribution in [0.25, 0.3) is 0 Å². The first-order valence-corrected chi connectivity index (χ1v) is 12.5. The van der Waals surface area contributed by atoms with Gasteiger partial charge in [-0.1, -0.05) is 66.7 Å². The van der Waals surface area contributed by atoms with E-state index in [2.05, 4.69) is 65.6 Å². The molecule has 2 aliphatic rings. The van der Waals surface area contributed by atoms with E-state index >= 15 is 0 Å². The molecule has 0 bridgehead atoms. The Morgan fingerprint density at radius 1 is 0.824 bits per heavy atom. The molecule has 0 aromatic heterocycles. The molecule has 1 N–H and O–H groups in total. The summed E-state index contributed by atoms with van der Waals surface area (Å²) in [4.78, 5) is 2.63. The van der Waals surface area contributed by atoms with Gasteiger partial charge in [0.25, 0.3) is 0 Å². The second kappa shape index (κ2) is 11.9. The molecule has 4 heteroatoms. The average molecular weight is 478 g/mol. The molecule has 3 aromatic rings. The molecule has 1 saturated heterocycles. The Labute approximate surface area is 210 Å². The number of hydrogen-bond acceptors (Lipinski definition) is 3. The van der Waals surface area contributed by atoms with Gasteiger partial charge in [-0.3, -0.25) is 0 Å². The number of ether oxygens (including phenoxy) is 1. The number of halogens is 1. The molecule has 0 saturated carbocycles. The largest absolute Gasteiger partial charge is 0.489 e. The molecular weight excluding hydrogens is 442 g/mol. The van der Waals surface area contributed by atoms with E-state index < -0.39 is 0 Å². The SMILES string of the molecule is Cl.O[C@@H]1C[C@H](CN2CCC(c3ccc(OCc4ccccc4)cc3)CC2)CCc2ccccc21. The zero-order chi connectivity index (χ0) is 22.5. The van der Waals surface area contributed by atoms with Gasteiger partial charge in [-0.05, 0) is 91.4 Å². The Hall–Kier alpha value is -2.33. The van der Waals surface area contributed by atoms with Gasteiger partial charge in [0.15, 0.2) is 0 Å². The maximum Gasteiger partial charge on any atom is 0.119 e. The number of rotatable bonds is 6. The summed E-state index contributed by atoms with van der Waals surface area (Å²) >= 11 is 0. The first-order valence-electron chi connectivity index (χ1n) is 12.5. The highest BCUT2D eigenvalue weighted by Crippen LogP contribution is 2.34. The number of aryl methyl sites for hydroxylation is 1. The van der Waals surface area contributed by atoms with Crippen LogP contribution in [0.2, 0.25) is 0 Å². The number of benzene rings is 3. The monoisotopic (exact) mass is 477 g/mol. The van der Waals surface area contributed by atoms with Crippen LogP contribution in [0, 0.1) is 5.92 Å². The predicted molar refractivity (Wildman–Crippen MR) is 141 cm³/mol. The second-order valence-corrected chi connectivity index (χ2v) is 9.77. The smallest absolute Gasteiger partial charge is 0.119 e. The van der Waals surface area contributed by atoms with Crippen molar-refractivity contribution in [3.63, 3.8) is 0 Å². The summed E-state index contributed by atoms with van der Waals surface area (Å²) in [5.74, 6) is 2.14. The van der Waals surface area contributed by atoms with E-state index in [0.717, 1.165) is 43.8 Å². The highest BCUT2D eigenvalue weighted by atomic mass is 35.5. The lowest BCUT2D eigenvalue weighted by molar-refractivity contribution is 0.117. The van der Waals surface area contributed by atoms with E-state index in [1.807, 2.05) is 18.2 Å². The number of piperidine rings is 1. The summed E-state index contributed by atoms with van der Waals surface area (Å²) in [6.07, 6.45) is 5.26. The lowest BCUT2D eigenvalue weighted by Gasteiger charge is -2.34. The van der Waals surface area contributed by atoms with Gasteiger partial charge in [0.05, 0.1) is 6.10 Å². The minimum absolute atomic E-state index is 0. The molecule has 34 heavy (non-hydrogen) atoms. The summed E-state index contributed by atoms with van der Waals surface area (Å²) in [5.41, 5.74) is 5.11. The standard InChI is InChI=1S/C30H35NO2.ClH/c32-30-20-24(10-11-27-8-4-5-9-29(27)30)21-31-18-16-26(17-19-31)25-12-14-28(15-13-25)33-22-23-6-2-1-3-7-23;/h1-9,12-15,24,26,30,32H,10-11,16-22H2;1H/t24-,30-;/m1./s1. The van der Waals surface area contributed by atoms with Crippen LogP contribution in [0.5, 0.6) is 5.75 Å². The number of aliphatic hydroxyl groups is 1. The van der Waals surface area contributed by atoms with Crippen LogP contribution in [0.4, 0.5) is 0 Å². The van der Waals surface area contributed by atoms with E-state index in [-0.39, 0.29) is 18.5 Å². The normalized spacial score (nSPS) is 21.2. The first kappa shape index (κ1) is 24.8. The van der Waals surface area contributed by atoms with E-state index in [1.54, 1.807) is 0 Å². The molecule has 0 unspecified atom stereocenters. The number of hydrogen-bond donors (Lipinski definition) is 1. The average Bonchev–Trinajstić information content (AvgIpc) is 3.03. The molecule has 1 fully saturated rings. The third-order valence-corrected chi connectivity index (χ3v) is 7.50. The van der Waals surface area contributed by atoms with Crippen LogP contribution < -0.4 is 4.74 Å². The van der Waals surface area contributed by atoms with Gasteiger partial charge in [0.1, 0.15) is 12.4 Å². The molecule has 3 aromatic carbocycles. The Balaban J connectivity index is 0.00000274. The fraction of sp³-hybridized carbons (Fsp3) is 0.400.